The number of hydrogen-bond acceptors (Lipinski definition) is 4. The molecule has 1 saturated carbocycles. The molecule has 1 N–H and O–H groups in total. The predicted octanol–water partition coefficient (Wildman–Crippen LogP) is 2.64. The third-order valence-corrected chi connectivity index (χ3v) is 5.08. The molecule has 0 unspecified atom stereocenters. The number of carbonyl (C=O) groups excluding carboxylic acids is 1. The summed E-state index contributed by atoms with van der Waals surface area (Å²) in [6.45, 7) is 0.627. The van der Waals surface area contributed by atoms with Crippen LogP contribution < -0.4 is 5.32 Å². The van der Waals surface area contributed by atoms with Crippen LogP contribution in [-0.4, -0.2) is 36.8 Å². The van der Waals surface area contributed by atoms with Crippen LogP contribution in [0.1, 0.15) is 54.1 Å². The molecule has 3 heterocycles. The van der Waals surface area contributed by atoms with Gasteiger partial charge < -0.3 is 9.88 Å². The molecule has 0 spiro atoms. The number of hydrogen-bond donors (Lipinski definition) is 1. The first-order valence-electron chi connectivity index (χ1n) is 9.29. The topological polar surface area (TPSA) is 77.6 Å². The Hall–Kier alpha value is -2.70. The maximum atomic E-state index is 12.4. The van der Waals surface area contributed by atoms with E-state index in [4.69, 9.17) is 0 Å². The zero-order chi connectivity index (χ0) is 17.9. The van der Waals surface area contributed by atoms with Crippen molar-refractivity contribution < 1.29 is 4.79 Å². The van der Waals surface area contributed by atoms with Gasteiger partial charge in [0.2, 0.25) is 0 Å². The third-order valence-electron chi connectivity index (χ3n) is 5.08. The maximum Gasteiger partial charge on any atom is 0.252 e. The first-order valence-corrected chi connectivity index (χ1v) is 9.29. The van der Waals surface area contributed by atoms with E-state index in [2.05, 4.69) is 25.0 Å². The lowest BCUT2D eigenvalue weighted by Crippen LogP contribution is -2.24. The molecule has 7 nitrogen and oxygen atoms in total. The van der Waals surface area contributed by atoms with Gasteiger partial charge in [-0.15, -0.1) is 0 Å². The molecule has 0 saturated heterocycles. The summed E-state index contributed by atoms with van der Waals surface area (Å²) < 4.78 is 3.96. The van der Waals surface area contributed by atoms with Gasteiger partial charge in [0, 0.05) is 32.0 Å². The average Bonchev–Trinajstić information content (AvgIpc) is 3.38. The second-order valence-corrected chi connectivity index (χ2v) is 7.04. The zero-order valence-corrected chi connectivity index (χ0v) is 15.1. The van der Waals surface area contributed by atoms with Crippen molar-refractivity contribution in [1.82, 2.24) is 29.6 Å². The van der Waals surface area contributed by atoms with Crippen molar-refractivity contribution in [2.24, 2.45) is 7.05 Å². The van der Waals surface area contributed by atoms with Gasteiger partial charge in [-0.25, -0.2) is 9.97 Å². The Kier molecular flexibility index (Phi) is 4.69. The highest BCUT2D eigenvalue weighted by Crippen LogP contribution is 2.31. The second kappa shape index (κ2) is 7.27. The van der Waals surface area contributed by atoms with Gasteiger partial charge in [0.15, 0.2) is 5.65 Å². The molecular formula is C19H24N6O. The van der Waals surface area contributed by atoms with Crippen molar-refractivity contribution >= 4 is 17.1 Å². The number of nitrogens with one attached hydrogen (secondary N) is 1. The smallest absolute Gasteiger partial charge is 0.252 e. The molecule has 3 aromatic heterocycles. The van der Waals surface area contributed by atoms with Crippen molar-refractivity contribution in [2.45, 2.75) is 44.6 Å². The van der Waals surface area contributed by atoms with E-state index < -0.39 is 0 Å². The monoisotopic (exact) mass is 352 g/mol. The summed E-state index contributed by atoms with van der Waals surface area (Å²) in [6, 6.07) is 2.34. The van der Waals surface area contributed by atoms with Crippen LogP contribution in [0.5, 0.6) is 0 Å². The van der Waals surface area contributed by atoms with E-state index in [1.54, 1.807) is 10.9 Å². The molecule has 1 amide bonds. The summed E-state index contributed by atoms with van der Waals surface area (Å²) in [5.41, 5.74) is 3.42. The average molecular weight is 352 g/mol. The molecule has 1 aliphatic carbocycles. The fourth-order valence-electron chi connectivity index (χ4n) is 3.69. The third kappa shape index (κ3) is 3.47. The van der Waals surface area contributed by atoms with Gasteiger partial charge in [0.1, 0.15) is 5.52 Å². The summed E-state index contributed by atoms with van der Waals surface area (Å²) >= 11 is 0. The van der Waals surface area contributed by atoms with Crippen molar-refractivity contribution in [3.8, 4) is 0 Å². The van der Waals surface area contributed by atoms with Gasteiger partial charge in [-0.2, -0.15) is 5.10 Å². The van der Waals surface area contributed by atoms with E-state index in [0.717, 1.165) is 24.0 Å². The molecule has 4 rings (SSSR count). The van der Waals surface area contributed by atoms with Crippen LogP contribution in [0.25, 0.3) is 11.2 Å². The Labute approximate surface area is 152 Å². The van der Waals surface area contributed by atoms with E-state index in [-0.39, 0.29) is 5.91 Å². The molecule has 26 heavy (non-hydrogen) atoms. The molecule has 3 aromatic rings. The lowest BCUT2D eigenvalue weighted by molar-refractivity contribution is 0.0953. The summed E-state index contributed by atoms with van der Waals surface area (Å²) in [7, 11) is 1.91. The number of aryl methyl sites for hydroxylation is 2. The first-order chi connectivity index (χ1) is 12.7. The van der Waals surface area contributed by atoms with Crippen molar-refractivity contribution in [1.29, 1.82) is 0 Å². The Bertz CT molecular complexity index is 906. The highest BCUT2D eigenvalue weighted by Gasteiger charge is 2.20. The van der Waals surface area contributed by atoms with E-state index in [9.17, 15) is 4.79 Å². The Morgan fingerprint density at radius 1 is 1.27 bits per heavy atom. The molecule has 136 valence electrons. The number of carbonyl (C=O) groups is 1. The zero-order valence-electron chi connectivity index (χ0n) is 15.1. The van der Waals surface area contributed by atoms with Crippen LogP contribution in [0.2, 0.25) is 0 Å². The minimum Gasteiger partial charge on any atom is -0.352 e. The number of aromatic nitrogens is 5. The van der Waals surface area contributed by atoms with Crippen LogP contribution >= 0.6 is 0 Å². The Balaban J connectivity index is 1.36. The Morgan fingerprint density at radius 2 is 2.12 bits per heavy atom. The SMILES string of the molecule is Cn1cc(CCCNC(=O)c2cnc3c(c2)ncn3C2CCCC2)cn1. The minimum atomic E-state index is -0.0963. The largest absolute Gasteiger partial charge is 0.352 e. The molecule has 0 radical (unpaired) electrons. The highest BCUT2D eigenvalue weighted by molar-refractivity contribution is 5.96. The number of imidazole rings is 1. The van der Waals surface area contributed by atoms with Gasteiger partial charge in [-0.05, 0) is 37.3 Å². The standard InChI is InChI=1S/C19H24N6O/c1-24-12-14(10-23-24)5-4-8-20-19(26)15-9-17-18(21-11-15)25(13-22-17)16-6-2-3-7-16/h9-13,16H,2-8H2,1H3,(H,20,26). The second-order valence-electron chi connectivity index (χ2n) is 7.04. The van der Waals surface area contributed by atoms with Gasteiger partial charge in [-0.1, -0.05) is 12.8 Å². The van der Waals surface area contributed by atoms with E-state index in [1.807, 2.05) is 31.8 Å². The van der Waals surface area contributed by atoms with Crippen LogP contribution in [0, 0.1) is 0 Å². The molecule has 1 fully saturated rings. The molecule has 1 aliphatic rings. The highest BCUT2D eigenvalue weighted by atomic mass is 16.1. The number of pyridine rings is 1. The van der Waals surface area contributed by atoms with Gasteiger partial charge >= 0.3 is 0 Å². The number of nitrogens with zero attached hydrogens (tertiary/aromatic N) is 5. The normalized spacial score (nSPS) is 15.0. The minimum absolute atomic E-state index is 0.0963. The van der Waals surface area contributed by atoms with Crippen molar-refractivity contribution in [3.63, 3.8) is 0 Å². The fourth-order valence-corrected chi connectivity index (χ4v) is 3.69. The number of rotatable bonds is 6. The molecule has 0 atom stereocenters. The lowest BCUT2D eigenvalue weighted by atomic mass is 10.2. The molecule has 7 heteroatoms. The van der Waals surface area contributed by atoms with Gasteiger partial charge in [0.05, 0.1) is 18.1 Å². The number of fused-ring (bicyclic) bond motifs is 1. The predicted molar refractivity (Wildman–Crippen MR) is 98.9 cm³/mol. The Morgan fingerprint density at radius 3 is 2.88 bits per heavy atom. The summed E-state index contributed by atoms with van der Waals surface area (Å²) in [4.78, 5) is 21.3. The fraction of sp³-hybridized carbons (Fsp3) is 0.474. The van der Waals surface area contributed by atoms with Crippen LogP contribution in [0.4, 0.5) is 0 Å². The van der Waals surface area contributed by atoms with E-state index in [1.165, 1.54) is 31.2 Å². The number of amides is 1. The summed E-state index contributed by atoms with van der Waals surface area (Å²) in [5, 5.41) is 7.11. The van der Waals surface area contributed by atoms with Crippen molar-refractivity contribution in [2.75, 3.05) is 6.54 Å². The van der Waals surface area contributed by atoms with Crippen LogP contribution in [-0.2, 0) is 13.5 Å². The van der Waals surface area contributed by atoms with Crippen LogP contribution in [0.3, 0.4) is 0 Å². The quantitative estimate of drug-likeness (QED) is 0.692. The van der Waals surface area contributed by atoms with E-state index in [0.29, 0.717) is 18.2 Å². The lowest BCUT2D eigenvalue weighted by Gasteiger charge is -2.11. The first kappa shape index (κ1) is 16.8. The molecule has 0 aromatic carbocycles. The summed E-state index contributed by atoms with van der Waals surface area (Å²) in [6.07, 6.45) is 14.1. The molecular weight excluding hydrogens is 328 g/mol. The summed E-state index contributed by atoms with van der Waals surface area (Å²) in [5.74, 6) is -0.0963. The molecule has 0 bridgehead atoms. The van der Waals surface area contributed by atoms with Crippen LogP contribution in [0.15, 0.2) is 31.0 Å². The van der Waals surface area contributed by atoms with E-state index >= 15 is 0 Å². The van der Waals surface area contributed by atoms with Crippen molar-refractivity contribution in [3.05, 3.63) is 42.1 Å². The van der Waals surface area contributed by atoms with Gasteiger partial charge in [0.25, 0.3) is 5.91 Å². The molecule has 0 aliphatic heterocycles. The van der Waals surface area contributed by atoms with Gasteiger partial charge in [-0.3, -0.25) is 9.48 Å². The maximum absolute atomic E-state index is 12.4.